The van der Waals surface area contributed by atoms with Gasteiger partial charge in [0, 0.05) is 0 Å². The molecule has 0 saturated carbocycles. The Balaban J connectivity index is 0.00000169. The second-order valence-electron chi connectivity index (χ2n) is 4.21. The van der Waals surface area contributed by atoms with Crippen molar-refractivity contribution in [1.29, 1.82) is 0 Å². The lowest BCUT2D eigenvalue weighted by atomic mass is 9.70. The van der Waals surface area contributed by atoms with Crippen molar-refractivity contribution in [2.75, 3.05) is 13.1 Å². The van der Waals surface area contributed by atoms with E-state index in [0.29, 0.717) is 25.9 Å². The molecule has 14 heavy (non-hydrogen) atoms. The Morgan fingerprint density at radius 3 is 2.14 bits per heavy atom. The molecule has 1 aliphatic rings. The predicted molar refractivity (Wildman–Crippen MR) is 55.7 cm³/mol. The molecule has 0 aromatic rings. The minimum absolute atomic E-state index is 0. The van der Waals surface area contributed by atoms with Gasteiger partial charge >= 0.3 is 5.97 Å². The number of aliphatic hydroxyl groups is 1. The van der Waals surface area contributed by atoms with Gasteiger partial charge in [0.1, 0.15) is 0 Å². The largest absolute Gasteiger partial charge is 0.481 e. The van der Waals surface area contributed by atoms with E-state index in [4.69, 9.17) is 5.11 Å². The van der Waals surface area contributed by atoms with E-state index < -0.39 is 17.0 Å². The normalized spacial score (nSPS) is 21.1. The van der Waals surface area contributed by atoms with E-state index in [0.717, 1.165) is 0 Å². The lowest BCUT2D eigenvalue weighted by molar-refractivity contribution is -0.168. The number of hydrogen-bond donors (Lipinski definition) is 3. The Kier molecular flexibility index (Phi) is 4.36. The highest BCUT2D eigenvalue weighted by Crippen LogP contribution is 2.37. The molecule has 1 heterocycles. The summed E-state index contributed by atoms with van der Waals surface area (Å²) < 4.78 is 0. The first-order valence-electron chi connectivity index (χ1n) is 4.57. The summed E-state index contributed by atoms with van der Waals surface area (Å²) in [6.45, 7) is 4.54. The zero-order valence-corrected chi connectivity index (χ0v) is 9.36. The highest BCUT2D eigenvalue weighted by molar-refractivity contribution is 5.85. The number of piperidine rings is 1. The van der Waals surface area contributed by atoms with Crippen LogP contribution in [-0.2, 0) is 4.79 Å². The van der Waals surface area contributed by atoms with E-state index in [2.05, 4.69) is 5.32 Å². The lowest BCUT2D eigenvalue weighted by Crippen LogP contribution is -2.55. The number of nitrogens with one attached hydrogen (secondary N) is 1. The van der Waals surface area contributed by atoms with Crippen molar-refractivity contribution in [1.82, 2.24) is 5.32 Å². The van der Waals surface area contributed by atoms with Crippen molar-refractivity contribution in [2.45, 2.75) is 32.3 Å². The molecule has 0 spiro atoms. The average molecular weight is 224 g/mol. The fourth-order valence-electron chi connectivity index (χ4n) is 1.66. The molecule has 1 aliphatic heterocycles. The van der Waals surface area contributed by atoms with Crippen LogP contribution in [0.4, 0.5) is 0 Å². The van der Waals surface area contributed by atoms with E-state index >= 15 is 0 Å². The first-order chi connectivity index (χ1) is 5.90. The first-order valence-corrected chi connectivity index (χ1v) is 4.57. The number of rotatable bonds is 2. The molecule has 1 saturated heterocycles. The molecule has 0 atom stereocenters. The van der Waals surface area contributed by atoms with Crippen LogP contribution < -0.4 is 5.32 Å². The molecule has 0 aliphatic carbocycles. The molecule has 1 rings (SSSR count). The Morgan fingerprint density at radius 2 is 1.79 bits per heavy atom. The third-order valence-electron chi connectivity index (χ3n) is 3.13. The molecule has 84 valence electrons. The monoisotopic (exact) mass is 223 g/mol. The van der Waals surface area contributed by atoms with Crippen LogP contribution in [0, 0.1) is 5.41 Å². The van der Waals surface area contributed by atoms with Gasteiger partial charge in [-0.05, 0) is 39.8 Å². The average Bonchev–Trinajstić information content (AvgIpc) is 2.05. The lowest BCUT2D eigenvalue weighted by Gasteiger charge is -2.42. The number of carbonyl (C=O) groups is 1. The van der Waals surface area contributed by atoms with Crippen molar-refractivity contribution in [3.8, 4) is 0 Å². The quantitative estimate of drug-likeness (QED) is 0.643. The summed E-state index contributed by atoms with van der Waals surface area (Å²) >= 11 is 0. The summed E-state index contributed by atoms with van der Waals surface area (Å²) in [5, 5.41) is 22.2. The molecule has 0 amide bonds. The van der Waals surface area contributed by atoms with Gasteiger partial charge in [0.05, 0.1) is 11.0 Å². The maximum Gasteiger partial charge on any atom is 0.312 e. The van der Waals surface area contributed by atoms with E-state index in [1.807, 2.05) is 0 Å². The second-order valence-corrected chi connectivity index (χ2v) is 4.21. The van der Waals surface area contributed by atoms with Gasteiger partial charge in [0.25, 0.3) is 0 Å². The van der Waals surface area contributed by atoms with Crippen LogP contribution in [-0.4, -0.2) is 34.9 Å². The van der Waals surface area contributed by atoms with E-state index in [1.54, 1.807) is 13.8 Å². The number of halogens is 1. The van der Waals surface area contributed by atoms with Gasteiger partial charge < -0.3 is 15.5 Å². The van der Waals surface area contributed by atoms with Gasteiger partial charge in [-0.1, -0.05) is 0 Å². The van der Waals surface area contributed by atoms with Gasteiger partial charge in [-0.3, -0.25) is 4.79 Å². The van der Waals surface area contributed by atoms with Crippen LogP contribution in [0.2, 0.25) is 0 Å². The highest BCUT2D eigenvalue weighted by atomic mass is 35.5. The molecular weight excluding hydrogens is 206 g/mol. The van der Waals surface area contributed by atoms with Crippen molar-refractivity contribution in [3.63, 3.8) is 0 Å². The molecule has 4 nitrogen and oxygen atoms in total. The number of carboxylic acids is 1. The van der Waals surface area contributed by atoms with Gasteiger partial charge in [-0.15, -0.1) is 12.4 Å². The summed E-state index contributed by atoms with van der Waals surface area (Å²) in [6.07, 6.45) is 1.01. The number of aliphatic carboxylic acids is 1. The third kappa shape index (κ3) is 2.19. The SMILES string of the molecule is CC(C)(C(=O)O)C1(O)CCNCC1.Cl. The van der Waals surface area contributed by atoms with Crippen LogP contribution in [0.15, 0.2) is 0 Å². The van der Waals surface area contributed by atoms with Crippen molar-refractivity contribution >= 4 is 18.4 Å². The number of hydrogen-bond acceptors (Lipinski definition) is 3. The molecule has 5 heteroatoms. The van der Waals surface area contributed by atoms with Crippen LogP contribution in [0.3, 0.4) is 0 Å². The van der Waals surface area contributed by atoms with E-state index in [-0.39, 0.29) is 12.4 Å². The molecule has 0 radical (unpaired) electrons. The third-order valence-corrected chi connectivity index (χ3v) is 3.13. The Labute approximate surface area is 90.1 Å². The molecule has 0 aromatic carbocycles. The molecule has 0 unspecified atom stereocenters. The highest BCUT2D eigenvalue weighted by Gasteiger charge is 2.49. The topological polar surface area (TPSA) is 69.6 Å². The standard InChI is InChI=1S/C9H17NO3.ClH/c1-8(2,7(11)12)9(13)3-5-10-6-4-9;/h10,13H,3-6H2,1-2H3,(H,11,12);1H. The Hall–Kier alpha value is -0.320. The van der Waals surface area contributed by atoms with Crippen LogP contribution >= 0.6 is 12.4 Å². The first kappa shape index (κ1) is 13.7. The minimum atomic E-state index is -1.07. The fourth-order valence-corrected chi connectivity index (χ4v) is 1.66. The molecular formula is C9H18ClNO3. The molecule has 3 N–H and O–H groups in total. The van der Waals surface area contributed by atoms with Crippen LogP contribution in [0.5, 0.6) is 0 Å². The number of carboxylic acid groups (broad SMARTS) is 1. The van der Waals surface area contributed by atoms with E-state index in [1.165, 1.54) is 0 Å². The van der Waals surface area contributed by atoms with Gasteiger partial charge in [0.15, 0.2) is 0 Å². The summed E-state index contributed by atoms with van der Waals surface area (Å²) in [5.41, 5.74) is -2.13. The van der Waals surface area contributed by atoms with Crippen LogP contribution in [0.25, 0.3) is 0 Å². The zero-order valence-electron chi connectivity index (χ0n) is 8.54. The summed E-state index contributed by atoms with van der Waals surface area (Å²) in [5.74, 6) is -0.933. The van der Waals surface area contributed by atoms with Crippen molar-refractivity contribution in [3.05, 3.63) is 0 Å². The summed E-state index contributed by atoms with van der Waals surface area (Å²) in [6, 6.07) is 0. The maximum absolute atomic E-state index is 10.9. The molecule has 1 fully saturated rings. The van der Waals surface area contributed by atoms with E-state index in [9.17, 15) is 9.90 Å². The van der Waals surface area contributed by atoms with Crippen molar-refractivity contribution < 1.29 is 15.0 Å². The zero-order chi connectivity index (χ0) is 10.1. The van der Waals surface area contributed by atoms with Crippen LogP contribution in [0.1, 0.15) is 26.7 Å². The fraction of sp³-hybridized carbons (Fsp3) is 0.889. The van der Waals surface area contributed by atoms with Gasteiger partial charge in [-0.2, -0.15) is 0 Å². The van der Waals surface area contributed by atoms with Crippen molar-refractivity contribution in [2.24, 2.45) is 5.41 Å². The van der Waals surface area contributed by atoms with Gasteiger partial charge in [-0.25, -0.2) is 0 Å². The molecule has 0 aromatic heterocycles. The van der Waals surface area contributed by atoms with Gasteiger partial charge in [0.2, 0.25) is 0 Å². The molecule has 0 bridgehead atoms. The summed E-state index contributed by atoms with van der Waals surface area (Å²) in [7, 11) is 0. The smallest absolute Gasteiger partial charge is 0.312 e. The maximum atomic E-state index is 10.9. The Bertz CT molecular complexity index is 212. The minimum Gasteiger partial charge on any atom is -0.481 e. The summed E-state index contributed by atoms with van der Waals surface area (Å²) in [4.78, 5) is 10.9. The Morgan fingerprint density at radius 1 is 1.36 bits per heavy atom. The predicted octanol–water partition coefficient (Wildman–Crippen LogP) is 0.633. The second kappa shape index (κ2) is 4.47.